The molecule has 182 valence electrons. The molecule has 0 spiro atoms. The Morgan fingerprint density at radius 3 is 2.21 bits per heavy atom. The zero-order chi connectivity index (χ0) is 23.5. The standard InChI is InChI=1S/C26H36N6O2/c1-20-4-3-5-23(18-20)32-13-12-31(19-21(32)2)26(33)22-8-10-29(11-9-22)24-6-7-25(28-27-24)30-14-16-34-17-15-30/h3-7,18,21-22H,8-17,19H2,1-2H3. The van der Waals surface area contributed by atoms with Crippen LogP contribution in [0.5, 0.6) is 0 Å². The number of ether oxygens (including phenoxy) is 1. The summed E-state index contributed by atoms with van der Waals surface area (Å²) in [6, 6.07) is 13.1. The number of carbonyl (C=O) groups is 1. The van der Waals surface area contributed by atoms with Crippen LogP contribution in [-0.4, -0.2) is 86.1 Å². The van der Waals surface area contributed by atoms with Crippen LogP contribution in [0.25, 0.3) is 0 Å². The molecule has 0 aliphatic carbocycles. The molecule has 34 heavy (non-hydrogen) atoms. The molecule has 1 atom stereocenters. The highest BCUT2D eigenvalue weighted by molar-refractivity contribution is 5.79. The summed E-state index contributed by atoms with van der Waals surface area (Å²) in [5.41, 5.74) is 2.53. The topological polar surface area (TPSA) is 65.0 Å². The van der Waals surface area contributed by atoms with Gasteiger partial charge in [-0.2, -0.15) is 0 Å². The van der Waals surface area contributed by atoms with Crippen molar-refractivity contribution in [3.63, 3.8) is 0 Å². The molecule has 3 aliphatic heterocycles. The SMILES string of the molecule is Cc1cccc(N2CCN(C(=O)C3CCN(c4ccc(N5CCOCC5)nn4)CC3)CC2C)c1. The van der Waals surface area contributed by atoms with Gasteiger partial charge in [0.2, 0.25) is 5.91 Å². The van der Waals surface area contributed by atoms with Crippen LogP contribution in [0.2, 0.25) is 0 Å². The van der Waals surface area contributed by atoms with Gasteiger partial charge in [0, 0.05) is 63.5 Å². The van der Waals surface area contributed by atoms with Gasteiger partial charge in [0.05, 0.1) is 13.2 Å². The molecule has 1 aromatic carbocycles. The predicted molar refractivity (Wildman–Crippen MR) is 135 cm³/mol. The zero-order valence-corrected chi connectivity index (χ0v) is 20.4. The average molecular weight is 465 g/mol. The number of carbonyl (C=O) groups excluding carboxylic acids is 1. The molecule has 4 heterocycles. The quantitative estimate of drug-likeness (QED) is 0.689. The fraction of sp³-hybridized carbons (Fsp3) is 0.577. The Bertz CT molecular complexity index is 970. The maximum Gasteiger partial charge on any atom is 0.225 e. The molecule has 1 amide bonds. The number of amides is 1. The third-order valence-electron chi connectivity index (χ3n) is 7.41. The van der Waals surface area contributed by atoms with E-state index in [2.05, 4.69) is 80.0 Å². The Balaban J connectivity index is 1.13. The maximum atomic E-state index is 13.3. The molecule has 3 aliphatic rings. The van der Waals surface area contributed by atoms with Gasteiger partial charge < -0.3 is 24.3 Å². The van der Waals surface area contributed by atoms with Crippen LogP contribution in [0, 0.1) is 12.8 Å². The van der Waals surface area contributed by atoms with E-state index in [4.69, 9.17) is 4.74 Å². The van der Waals surface area contributed by atoms with Crippen molar-refractivity contribution in [1.29, 1.82) is 0 Å². The zero-order valence-electron chi connectivity index (χ0n) is 20.4. The van der Waals surface area contributed by atoms with Crippen molar-refractivity contribution in [1.82, 2.24) is 15.1 Å². The number of piperazine rings is 1. The fourth-order valence-corrected chi connectivity index (χ4v) is 5.41. The van der Waals surface area contributed by atoms with Gasteiger partial charge in [-0.15, -0.1) is 10.2 Å². The van der Waals surface area contributed by atoms with E-state index in [0.29, 0.717) is 11.9 Å². The molecule has 1 aromatic heterocycles. The molecule has 0 N–H and O–H groups in total. The molecule has 3 saturated heterocycles. The highest BCUT2D eigenvalue weighted by atomic mass is 16.5. The van der Waals surface area contributed by atoms with E-state index in [-0.39, 0.29) is 5.92 Å². The molecule has 0 radical (unpaired) electrons. The number of anilines is 3. The summed E-state index contributed by atoms with van der Waals surface area (Å²) in [6.45, 7) is 11.7. The summed E-state index contributed by atoms with van der Waals surface area (Å²) in [5, 5.41) is 8.93. The number of morpholine rings is 1. The van der Waals surface area contributed by atoms with Crippen molar-refractivity contribution in [3.8, 4) is 0 Å². The minimum Gasteiger partial charge on any atom is -0.378 e. The third kappa shape index (κ3) is 4.97. The lowest BCUT2D eigenvalue weighted by Crippen LogP contribution is -2.55. The smallest absolute Gasteiger partial charge is 0.225 e. The number of benzene rings is 1. The highest BCUT2D eigenvalue weighted by Gasteiger charge is 2.33. The summed E-state index contributed by atoms with van der Waals surface area (Å²) in [4.78, 5) is 22.3. The lowest BCUT2D eigenvalue weighted by atomic mass is 9.94. The Kier molecular flexibility index (Phi) is 6.85. The second kappa shape index (κ2) is 10.2. The molecule has 2 aromatic rings. The Hall–Kier alpha value is -2.87. The van der Waals surface area contributed by atoms with Gasteiger partial charge in [-0.3, -0.25) is 4.79 Å². The molecular weight excluding hydrogens is 428 g/mol. The van der Waals surface area contributed by atoms with Gasteiger partial charge in [-0.05, 0) is 56.5 Å². The molecule has 8 nitrogen and oxygen atoms in total. The number of piperidine rings is 1. The molecule has 3 fully saturated rings. The van der Waals surface area contributed by atoms with Gasteiger partial charge in [-0.25, -0.2) is 0 Å². The van der Waals surface area contributed by atoms with Crippen molar-refractivity contribution >= 4 is 23.2 Å². The van der Waals surface area contributed by atoms with Crippen molar-refractivity contribution in [2.45, 2.75) is 32.7 Å². The summed E-state index contributed by atoms with van der Waals surface area (Å²) in [5.74, 6) is 2.25. The van der Waals surface area contributed by atoms with Crippen LogP contribution in [0.3, 0.4) is 0 Å². The predicted octanol–water partition coefficient (Wildman–Crippen LogP) is 2.58. The number of aromatic nitrogens is 2. The van der Waals surface area contributed by atoms with Gasteiger partial charge in [0.1, 0.15) is 0 Å². The normalized spacial score (nSPS) is 22.2. The van der Waals surface area contributed by atoms with Crippen molar-refractivity contribution in [2.24, 2.45) is 5.92 Å². The second-order valence-electron chi connectivity index (χ2n) is 9.78. The van der Waals surface area contributed by atoms with E-state index in [1.54, 1.807) is 0 Å². The first-order valence-corrected chi connectivity index (χ1v) is 12.6. The van der Waals surface area contributed by atoms with Crippen LogP contribution in [0.15, 0.2) is 36.4 Å². The van der Waals surface area contributed by atoms with Gasteiger partial charge in [0.25, 0.3) is 0 Å². The van der Waals surface area contributed by atoms with Crippen LogP contribution in [0.1, 0.15) is 25.3 Å². The summed E-state index contributed by atoms with van der Waals surface area (Å²) < 4.78 is 5.42. The summed E-state index contributed by atoms with van der Waals surface area (Å²) >= 11 is 0. The largest absolute Gasteiger partial charge is 0.378 e. The number of hydrogen-bond donors (Lipinski definition) is 0. The monoisotopic (exact) mass is 464 g/mol. The van der Waals surface area contributed by atoms with Crippen molar-refractivity contribution in [2.75, 3.05) is 73.7 Å². The van der Waals surface area contributed by atoms with E-state index < -0.39 is 0 Å². The maximum absolute atomic E-state index is 13.3. The second-order valence-corrected chi connectivity index (χ2v) is 9.78. The van der Waals surface area contributed by atoms with Crippen LogP contribution < -0.4 is 14.7 Å². The van der Waals surface area contributed by atoms with E-state index in [1.165, 1.54) is 11.3 Å². The molecule has 5 rings (SSSR count). The molecular formula is C26H36N6O2. The first kappa shape index (κ1) is 22.9. The molecule has 8 heteroatoms. The van der Waals surface area contributed by atoms with E-state index in [9.17, 15) is 4.79 Å². The van der Waals surface area contributed by atoms with Gasteiger partial charge in [-0.1, -0.05) is 12.1 Å². The Morgan fingerprint density at radius 2 is 1.59 bits per heavy atom. The Labute approximate surface area is 202 Å². The fourth-order valence-electron chi connectivity index (χ4n) is 5.41. The lowest BCUT2D eigenvalue weighted by Gasteiger charge is -2.43. The third-order valence-corrected chi connectivity index (χ3v) is 7.41. The van der Waals surface area contributed by atoms with Crippen LogP contribution in [-0.2, 0) is 9.53 Å². The Morgan fingerprint density at radius 1 is 0.912 bits per heavy atom. The molecule has 1 unspecified atom stereocenters. The van der Waals surface area contributed by atoms with E-state index >= 15 is 0 Å². The summed E-state index contributed by atoms with van der Waals surface area (Å²) in [6.07, 6.45) is 1.75. The number of rotatable bonds is 4. The van der Waals surface area contributed by atoms with E-state index in [0.717, 1.165) is 83.5 Å². The first-order chi connectivity index (χ1) is 16.6. The van der Waals surface area contributed by atoms with Gasteiger partial charge >= 0.3 is 0 Å². The average Bonchev–Trinajstić information content (AvgIpc) is 2.89. The van der Waals surface area contributed by atoms with Crippen molar-refractivity contribution < 1.29 is 9.53 Å². The van der Waals surface area contributed by atoms with Crippen LogP contribution >= 0.6 is 0 Å². The number of hydrogen-bond acceptors (Lipinski definition) is 7. The van der Waals surface area contributed by atoms with E-state index in [1.807, 2.05) is 0 Å². The minimum atomic E-state index is 0.106. The lowest BCUT2D eigenvalue weighted by molar-refractivity contribution is -0.137. The minimum absolute atomic E-state index is 0.106. The van der Waals surface area contributed by atoms with Crippen molar-refractivity contribution in [3.05, 3.63) is 42.0 Å². The number of nitrogens with zero attached hydrogens (tertiary/aromatic N) is 6. The molecule has 0 bridgehead atoms. The first-order valence-electron chi connectivity index (χ1n) is 12.6. The number of aryl methyl sites for hydroxylation is 1. The summed E-state index contributed by atoms with van der Waals surface area (Å²) in [7, 11) is 0. The van der Waals surface area contributed by atoms with Gasteiger partial charge in [0.15, 0.2) is 11.6 Å². The highest BCUT2D eigenvalue weighted by Crippen LogP contribution is 2.27. The van der Waals surface area contributed by atoms with Crippen LogP contribution in [0.4, 0.5) is 17.3 Å². The molecule has 0 saturated carbocycles.